The standard InChI is InChI=1S/C41H45BrO12/c1-12-13-27-25(10)28(14-17(2)30(27)38(47)53-35-22(7)19(4)31(37(45)46)20(5)23(35)8)52-39(48)32-21(6)24(9)36(33(42)34(32)44)54-40(49)41(50)18(3)15-26(43)16-29(41)51-11/h14-16,25,28,44,50H,12-13H2,1-11H3,(H,45,46). The summed E-state index contributed by atoms with van der Waals surface area (Å²) in [6.07, 6.45) is 4.02. The summed E-state index contributed by atoms with van der Waals surface area (Å²) in [6.45, 7) is 16.7. The highest BCUT2D eigenvalue weighted by Crippen LogP contribution is 2.45. The number of methoxy groups -OCH3 is 1. The van der Waals surface area contributed by atoms with Gasteiger partial charge in [0.05, 0.1) is 18.2 Å². The van der Waals surface area contributed by atoms with Crippen molar-refractivity contribution in [3.05, 3.63) is 95.3 Å². The molecular weight excluding hydrogens is 764 g/mol. The van der Waals surface area contributed by atoms with Gasteiger partial charge in [0.2, 0.25) is 5.60 Å². The molecule has 12 nitrogen and oxygen atoms in total. The molecule has 0 amide bonds. The number of hydrogen-bond acceptors (Lipinski definition) is 11. The minimum absolute atomic E-state index is 0.0329. The van der Waals surface area contributed by atoms with Crippen LogP contribution >= 0.6 is 15.9 Å². The highest BCUT2D eigenvalue weighted by Gasteiger charge is 2.48. The summed E-state index contributed by atoms with van der Waals surface area (Å²) in [6, 6.07) is 0. The second-order valence-electron chi connectivity index (χ2n) is 13.7. The molecule has 13 heteroatoms. The van der Waals surface area contributed by atoms with Crippen LogP contribution in [-0.2, 0) is 23.9 Å². The Morgan fingerprint density at radius 3 is 1.93 bits per heavy atom. The first-order valence-electron chi connectivity index (χ1n) is 17.3. The number of ketones is 1. The summed E-state index contributed by atoms with van der Waals surface area (Å²) in [4.78, 5) is 65.1. The molecule has 54 heavy (non-hydrogen) atoms. The second-order valence-corrected chi connectivity index (χ2v) is 14.5. The normalized spacial score (nSPS) is 19.8. The number of aromatic carboxylic acids is 1. The van der Waals surface area contributed by atoms with Gasteiger partial charge >= 0.3 is 23.9 Å². The van der Waals surface area contributed by atoms with Gasteiger partial charge in [-0.15, -0.1) is 0 Å². The van der Waals surface area contributed by atoms with Gasteiger partial charge in [0.1, 0.15) is 33.4 Å². The number of benzene rings is 2. The molecule has 0 saturated heterocycles. The molecule has 3 atom stereocenters. The number of esters is 3. The monoisotopic (exact) mass is 808 g/mol. The van der Waals surface area contributed by atoms with Crippen LogP contribution in [0, 0.1) is 47.5 Å². The van der Waals surface area contributed by atoms with Gasteiger partial charge in [-0.3, -0.25) is 4.79 Å². The van der Waals surface area contributed by atoms with Crippen molar-refractivity contribution >= 4 is 45.6 Å². The van der Waals surface area contributed by atoms with Crippen LogP contribution in [0.2, 0.25) is 0 Å². The molecule has 0 bridgehead atoms. The van der Waals surface area contributed by atoms with Gasteiger partial charge in [0, 0.05) is 12.0 Å². The molecule has 0 fully saturated rings. The van der Waals surface area contributed by atoms with E-state index in [0.29, 0.717) is 57.6 Å². The fourth-order valence-electron chi connectivity index (χ4n) is 6.99. The van der Waals surface area contributed by atoms with Crippen molar-refractivity contribution in [2.45, 2.75) is 93.8 Å². The van der Waals surface area contributed by atoms with Crippen LogP contribution in [0.25, 0.3) is 0 Å². The number of phenolic OH excluding ortho intramolecular Hbond substituents is 1. The summed E-state index contributed by atoms with van der Waals surface area (Å²) in [5.74, 6) is -5.51. The number of carbonyl (C=O) groups excluding carboxylic acids is 4. The number of carboxylic acids is 1. The first-order chi connectivity index (χ1) is 25.1. The average molecular weight is 810 g/mol. The maximum Gasteiger partial charge on any atom is 0.356 e. The highest BCUT2D eigenvalue weighted by molar-refractivity contribution is 9.10. The molecule has 288 valence electrons. The van der Waals surface area contributed by atoms with Crippen molar-refractivity contribution in [3.8, 4) is 17.2 Å². The number of aromatic hydroxyl groups is 1. The third kappa shape index (κ3) is 7.14. The van der Waals surface area contributed by atoms with E-state index in [-0.39, 0.29) is 43.8 Å². The van der Waals surface area contributed by atoms with Crippen molar-refractivity contribution in [2.24, 2.45) is 5.92 Å². The smallest absolute Gasteiger partial charge is 0.356 e. The van der Waals surface area contributed by atoms with E-state index in [0.717, 1.165) is 12.2 Å². The Morgan fingerprint density at radius 2 is 1.39 bits per heavy atom. The van der Waals surface area contributed by atoms with Gasteiger partial charge in [0.25, 0.3) is 0 Å². The summed E-state index contributed by atoms with van der Waals surface area (Å²) >= 11 is 3.24. The molecule has 0 aliphatic heterocycles. The van der Waals surface area contributed by atoms with Crippen molar-refractivity contribution < 1.29 is 58.2 Å². The molecule has 0 aromatic heterocycles. The number of phenols is 1. The van der Waals surface area contributed by atoms with Crippen LogP contribution < -0.4 is 9.47 Å². The summed E-state index contributed by atoms with van der Waals surface area (Å²) in [7, 11) is 1.19. The first kappa shape index (κ1) is 41.7. The van der Waals surface area contributed by atoms with Gasteiger partial charge in [0.15, 0.2) is 11.5 Å². The van der Waals surface area contributed by atoms with Crippen LogP contribution in [0.3, 0.4) is 0 Å². The van der Waals surface area contributed by atoms with E-state index in [1.165, 1.54) is 21.0 Å². The number of rotatable bonds is 10. The zero-order valence-corrected chi connectivity index (χ0v) is 33.8. The van der Waals surface area contributed by atoms with Crippen molar-refractivity contribution in [1.29, 1.82) is 0 Å². The van der Waals surface area contributed by atoms with Gasteiger partial charge in [-0.2, -0.15) is 0 Å². The van der Waals surface area contributed by atoms with E-state index >= 15 is 0 Å². The topological polar surface area (TPSA) is 183 Å². The molecule has 3 unspecified atom stereocenters. The lowest BCUT2D eigenvalue weighted by Crippen LogP contribution is -2.47. The minimum Gasteiger partial charge on any atom is -0.506 e. The maximum absolute atomic E-state index is 13.9. The predicted octanol–water partition coefficient (Wildman–Crippen LogP) is 7.22. The number of halogens is 1. The van der Waals surface area contributed by atoms with Crippen LogP contribution in [0.5, 0.6) is 17.2 Å². The summed E-state index contributed by atoms with van der Waals surface area (Å²) < 4.78 is 22.6. The van der Waals surface area contributed by atoms with E-state index < -0.39 is 53.0 Å². The number of aliphatic hydroxyl groups is 1. The van der Waals surface area contributed by atoms with E-state index in [1.807, 2.05) is 13.8 Å². The van der Waals surface area contributed by atoms with E-state index in [4.69, 9.17) is 18.9 Å². The molecule has 3 N–H and O–H groups in total. The number of allylic oxidation sites excluding steroid dienone is 2. The average Bonchev–Trinajstić information content (AvgIpc) is 3.10. The number of hydrogen-bond donors (Lipinski definition) is 3. The third-order valence-corrected chi connectivity index (χ3v) is 11.2. The molecule has 2 aromatic carbocycles. The maximum atomic E-state index is 13.9. The molecule has 2 aliphatic rings. The number of carbonyl (C=O) groups is 5. The molecule has 2 aromatic rings. The van der Waals surface area contributed by atoms with Crippen LogP contribution in [0.15, 0.2) is 50.8 Å². The third-order valence-electron chi connectivity index (χ3n) is 10.5. The molecule has 2 aliphatic carbocycles. The van der Waals surface area contributed by atoms with Crippen molar-refractivity contribution in [3.63, 3.8) is 0 Å². The first-order valence-corrected chi connectivity index (χ1v) is 18.1. The highest BCUT2D eigenvalue weighted by atomic mass is 79.9. The molecule has 0 spiro atoms. The lowest BCUT2D eigenvalue weighted by molar-refractivity contribution is -0.151. The fourth-order valence-corrected chi connectivity index (χ4v) is 7.57. The Bertz CT molecular complexity index is 2070. The van der Waals surface area contributed by atoms with E-state index in [9.17, 15) is 39.3 Å². The van der Waals surface area contributed by atoms with Crippen LogP contribution in [-0.4, -0.2) is 63.8 Å². The Morgan fingerprint density at radius 1 is 0.833 bits per heavy atom. The fraction of sp³-hybridized carbons (Fsp3) is 0.390. The second kappa shape index (κ2) is 15.8. The predicted molar refractivity (Wildman–Crippen MR) is 202 cm³/mol. The van der Waals surface area contributed by atoms with Gasteiger partial charge in [-0.25, -0.2) is 19.2 Å². The van der Waals surface area contributed by atoms with Crippen LogP contribution in [0.1, 0.15) is 94.6 Å². The number of carboxylic acid groups (broad SMARTS) is 1. The molecule has 0 saturated carbocycles. The number of ether oxygens (including phenoxy) is 4. The van der Waals surface area contributed by atoms with Crippen molar-refractivity contribution in [2.75, 3.05) is 7.11 Å². The zero-order valence-electron chi connectivity index (χ0n) is 32.2. The molecule has 4 rings (SSSR count). The van der Waals surface area contributed by atoms with Gasteiger partial charge in [-0.1, -0.05) is 20.3 Å². The lowest BCUT2D eigenvalue weighted by Gasteiger charge is -2.32. The van der Waals surface area contributed by atoms with Crippen LogP contribution in [0.4, 0.5) is 0 Å². The molecule has 0 radical (unpaired) electrons. The van der Waals surface area contributed by atoms with Gasteiger partial charge in [-0.05, 0) is 140 Å². The zero-order chi connectivity index (χ0) is 40.7. The van der Waals surface area contributed by atoms with Gasteiger partial charge < -0.3 is 34.3 Å². The Balaban J connectivity index is 1.65. The Kier molecular flexibility index (Phi) is 12.2. The molecular formula is C41H45BrO12. The van der Waals surface area contributed by atoms with Crippen molar-refractivity contribution in [1.82, 2.24) is 0 Å². The minimum atomic E-state index is -2.42. The lowest BCUT2D eigenvalue weighted by atomic mass is 9.80. The quantitative estimate of drug-likeness (QED) is 0.162. The Labute approximate surface area is 322 Å². The van der Waals surface area contributed by atoms with E-state index in [1.54, 1.807) is 47.6 Å². The molecule has 0 heterocycles. The summed E-state index contributed by atoms with van der Waals surface area (Å²) in [5.41, 5.74) is 1.68. The largest absolute Gasteiger partial charge is 0.506 e. The summed E-state index contributed by atoms with van der Waals surface area (Å²) in [5, 5.41) is 32.3. The Hall–Kier alpha value is -5.01. The van der Waals surface area contributed by atoms with E-state index in [2.05, 4.69) is 15.9 Å². The SMILES string of the molecule is CCCC1=C(C(=O)Oc2c(C)c(C)c(C(=O)O)c(C)c2C)C(C)=CC(OC(=O)c2c(C)c(C)c(OC(=O)C3(O)C(C)=CC(=O)C=C3OC)c(Br)c2O)C1C.